The molecule has 0 amide bonds. The van der Waals surface area contributed by atoms with Crippen LogP contribution >= 0.6 is 0 Å². The van der Waals surface area contributed by atoms with E-state index in [1.807, 2.05) is 12.2 Å². The van der Waals surface area contributed by atoms with Crippen LogP contribution in [0.3, 0.4) is 0 Å². The number of hydrogen-bond acceptors (Lipinski definition) is 24. The van der Waals surface area contributed by atoms with E-state index in [0.717, 1.165) is 177 Å². The van der Waals surface area contributed by atoms with Crippen LogP contribution in [0.1, 0.15) is 219 Å². The molecule has 24 heteroatoms. The molecule has 0 fully saturated rings. The molecule has 0 radical (unpaired) electrons. The van der Waals surface area contributed by atoms with Gasteiger partial charge in [-0.2, -0.15) is 0 Å². The van der Waals surface area contributed by atoms with Crippen molar-refractivity contribution in [2.75, 3.05) is 281 Å². The predicted octanol–water partition coefficient (Wildman–Crippen LogP) is 22.2. The van der Waals surface area contributed by atoms with E-state index in [0.29, 0.717) is 311 Å². The van der Waals surface area contributed by atoms with Gasteiger partial charge in [0.25, 0.3) is 0 Å². The minimum atomic E-state index is 0.417. The summed E-state index contributed by atoms with van der Waals surface area (Å²) in [6.07, 6.45) is 40.2. The number of benzene rings is 6. The van der Waals surface area contributed by atoms with Gasteiger partial charge in [-0.25, -0.2) is 0 Å². The first-order valence-electron chi connectivity index (χ1n) is 51.3. The van der Waals surface area contributed by atoms with E-state index in [9.17, 15) is 0 Å². The summed E-state index contributed by atoms with van der Waals surface area (Å²) >= 11 is 0. The molecular formula is C116H172O24. The van der Waals surface area contributed by atoms with Crippen LogP contribution in [0.4, 0.5) is 0 Å². The van der Waals surface area contributed by atoms with Gasteiger partial charge < -0.3 is 114 Å². The highest BCUT2D eigenvalue weighted by Gasteiger charge is 2.22. The standard InChI is InChI=1S/C116H172O24/c1-15-23-51-135-111-93(21-7)29-30-95(112(111)136-52-24-16-2)35-41-101-89-108(48-60-126-78-84-132-72-66-120-12)102(90-107(101)47-59-125-77-83-131-71-65-119-11)42-38-98-33-34-99(116(140-56-28-20-6)115(98)139-55-27-19-5)39-44-104-92-109(49-61-127-79-85-133-73-67-121-13)103(91-110(104)50-62-128-80-86-134-74-68-122-14)43-37-97-32-31-96(113(137-53-25-17-3)114(97)138-54-26-18-4)36-40-100-88-105(45-57-123-75-81-129-69-63-117-9)94(22-8)87-106(100)46-58-124-76-82-130-70-64-118-10/h21-22,29-44,87-92H,7-8,15-20,23-28,45-86H2,1-6,9-14H3/b40-36+,41-35-,42-38-,43-37+,44-39-. The van der Waals surface area contributed by atoms with Crippen molar-refractivity contribution in [3.63, 3.8) is 0 Å². The van der Waals surface area contributed by atoms with Crippen LogP contribution in [0.5, 0.6) is 34.5 Å². The van der Waals surface area contributed by atoms with E-state index in [-0.39, 0.29) is 0 Å². The highest BCUT2D eigenvalue weighted by atomic mass is 16.6. The highest BCUT2D eigenvalue weighted by Crippen LogP contribution is 2.43. The molecule has 6 aromatic rings. The van der Waals surface area contributed by atoms with Crippen LogP contribution in [0, 0.1) is 0 Å². The van der Waals surface area contributed by atoms with Crippen molar-refractivity contribution in [1.29, 1.82) is 0 Å². The number of rotatable bonds is 90. The van der Waals surface area contributed by atoms with Gasteiger partial charge in [-0.05, 0) is 144 Å². The Bertz CT molecular complexity index is 4420. The summed E-state index contributed by atoms with van der Waals surface area (Å²) in [7, 11) is 10.0. The molecule has 0 saturated carbocycles. The molecule has 0 aliphatic heterocycles. The summed E-state index contributed by atoms with van der Waals surface area (Å²) in [5, 5.41) is 0. The molecule has 0 N–H and O–H groups in total. The summed E-state index contributed by atoms with van der Waals surface area (Å²) in [4.78, 5) is 0. The summed E-state index contributed by atoms with van der Waals surface area (Å²) in [5.74, 6) is 4.11. The fourth-order valence-electron chi connectivity index (χ4n) is 14.6. The quantitative estimate of drug-likeness (QED) is 0.0256. The minimum absolute atomic E-state index is 0.417. The maximum atomic E-state index is 7.06. The Kier molecular flexibility index (Phi) is 68.7. The first-order valence-corrected chi connectivity index (χ1v) is 51.3. The van der Waals surface area contributed by atoms with Crippen molar-refractivity contribution in [2.24, 2.45) is 0 Å². The molecule has 0 atom stereocenters. The molecule has 0 spiro atoms. The van der Waals surface area contributed by atoms with Crippen molar-refractivity contribution in [3.05, 3.63) is 186 Å². The molecule has 6 rings (SSSR count). The zero-order chi connectivity index (χ0) is 100.0. The second-order valence-electron chi connectivity index (χ2n) is 33.5. The lowest BCUT2D eigenvalue weighted by Crippen LogP contribution is -2.11. The molecule has 0 aromatic heterocycles. The summed E-state index contributed by atoms with van der Waals surface area (Å²) in [6.45, 7) is 38.8. The third-order valence-electron chi connectivity index (χ3n) is 22.8. The largest absolute Gasteiger partial charge is 0.489 e. The van der Waals surface area contributed by atoms with Crippen molar-refractivity contribution in [3.8, 4) is 34.5 Å². The second-order valence-corrected chi connectivity index (χ2v) is 33.5. The number of hydrogen-bond donors (Lipinski definition) is 0. The first-order chi connectivity index (χ1) is 69.0. The Hall–Kier alpha value is -8.42. The molecule has 6 aromatic carbocycles. The van der Waals surface area contributed by atoms with Crippen LogP contribution in [0.2, 0.25) is 0 Å². The van der Waals surface area contributed by atoms with Gasteiger partial charge in [-0.15, -0.1) is 0 Å². The molecular weight excluding hydrogens is 1780 g/mol. The highest BCUT2D eigenvalue weighted by molar-refractivity contribution is 5.85. The maximum Gasteiger partial charge on any atom is 0.168 e. The van der Waals surface area contributed by atoms with Gasteiger partial charge in [-0.3, -0.25) is 0 Å². The van der Waals surface area contributed by atoms with Crippen molar-refractivity contribution in [1.82, 2.24) is 0 Å². The molecule has 0 heterocycles. The Balaban J connectivity index is 1.57. The average molecular weight is 1950 g/mol. The molecule has 780 valence electrons. The van der Waals surface area contributed by atoms with E-state index in [4.69, 9.17) is 114 Å². The lowest BCUT2D eigenvalue weighted by atomic mass is 9.93. The van der Waals surface area contributed by atoms with Crippen LogP contribution in [-0.2, 0) is 124 Å². The van der Waals surface area contributed by atoms with Gasteiger partial charge in [0.1, 0.15) is 0 Å². The lowest BCUT2D eigenvalue weighted by Gasteiger charge is -2.19. The molecule has 0 unspecified atom stereocenters. The Morgan fingerprint density at radius 3 is 0.486 bits per heavy atom. The summed E-state index contributed by atoms with van der Waals surface area (Å²) in [5.41, 5.74) is 18.1. The maximum absolute atomic E-state index is 7.06. The lowest BCUT2D eigenvalue weighted by molar-refractivity contribution is 0.0254. The smallest absolute Gasteiger partial charge is 0.168 e. The van der Waals surface area contributed by atoms with E-state index in [1.165, 1.54) is 0 Å². The number of ether oxygens (including phenoxy) is 24. The first kappa shape index (κ1) is 120. The second kappa shape index (κ2) is 80.0. The van der Waals surface area contributed by atoms with Crippen LogP contribution in [0.15, 0.2) is 86.0 Å². The molecule has 0 aliphatic rings. The molecule has 0 bridgehead atoms. The third-order valence-corrected chi connectivity index (χ3v) is 22.8. The number of methoxy groups -OCH3 is 6. The fourth-order valence-corrected chi connectivity index (χ4v) is 14.6. The predicted molar refractivity (Wildman–Crippen MR) is 569 cm³/mol. The monoisotopic (exact) mass is 1950 g/mol. The minimum Gasteiger partial charge on any atom is -0.489 e. The molecule has 140 heavy (non-hydrogen) atoms. The normalized spacial score (nSPS) is 11.8. The van der Waals surface area contributed by atoms with Gasteiger partial charge in [0, 0.05) is 76.0 Å². The molecule has 0 saturated heterocycles. The van der Waals surface area contributed by atoms with Gasteiger partial charge in [0.2, 0.25) is 0 Å². The van der Waals surface area contributed by atoms with E-state index in [2.05, 4.69) is 188 Å². The van der Waals surface area contributed by atoms with Crippen molar-refractivity contribution < 1.29 is 114 Å². The van der Waals surface area contributed by atoms with Gasteiger partial charge in [0.15, 0.2) is 34.5 Å². The van der Waals surface area contributed by atoms with E-state index in [1.54, 1.807) is 42.7 Å². The van der Waals surface area contributed by atoms with Crippen molar-refractivity contribution >= 4 is 72.9 Å². The van der Waals surface area contributed by atoms with E-state index < -0.39 is 0 Å². The number of unbranched alkanes of at least 4 members (excludes halogenated alkanes) is 6. The Morgan fingerprint density at radius 2 is 0.314 bits per heavy atom. The van der Waals surface area contributed by atoms with Crippen LogP contribution in [0.25, 0.3) is 72.9 Å². The van der Waals surface area contributed by atoms with E-state index >= 15 is 0 Å². The zero-order valence-corrected chi connectivity index (χ0v) is 87.3. The van der Waals surface area contributed by atoms with Gasteiger partial charge in [-0.1, -0.05) is 239 Å². The van der Waals surface area contributed by atoms with Crippen LogP contribution < -0.4 is 28.4 Å². The fraction of sp³-hybridized carbons (Fsp3) is 0.569. The summed E-state index contributed by atoms with van der Waals surface area (Å²) in [6, 6.07) is 26.4. The summed E-state index contributed by atoms with van der Waals surface area (Å²) < 4.78 is 145. The molecule has 0 aliphatic carbocycles. The Labute approximate surface area is 840 Å². The average Bonchev–Trinajstić information content (AvgIpc) is 0.820. The van der Waals surface area contributed by atoms with Gasteiger partial charge >= 0.3 is 0 Å². The Morgan fingerprint density at radius 1 is 0.171 bits per heavy atom. The third kappa shape index (κ3) is 48.8. The van der Waals surface area contributed by atoms with Crippen LogP contribution in [-0.4, -0.2) is 281 Å². The topological polar surface area (TPSA) is 222 Å². The van der Waals surface area contributed by atoms with Gasteiger partial charge in [0.05, 0.1) is 238 Å². The zero-order valence-electron chi connectivity index (χ0n) is 87.3. The SMILES string of the molecule is C=Cc1cc(CCOCCOCCOC)c(/C=C/c2ccc(/C=C/c3cc(CCOCCOCCOC)c(/C=C\c4ccc(/C=C\c5cc(CCOCCOCCOC)c(/C=C\c6ccc(C=C)c(OCCCC)c6OCCCC)cc5CCOCCOCCOC)c(OCCCC)c4OCCCC)cc3CCOCCOCCOC)c(OCCCC)c2OCCCC)cc1CCOCCOCCOC. The van der Waals surface area contributed by atoms with Crippen molar-refractivity contribution in [2.45, 2.75) is 157 Å². The molecule has 24 nitrogen and oxygen atoms in total.